The molecule has 0 aliphatic carbocycles. The van der Waals surface area contributed by atoms with E-state index in [1.165, 1.54) is 0 Å². The summed E-state index contributed by atoms with van der Waals surface area (Å²) in [5.74, 6) is 0.254. The van der Waals surface area contributed by atoms with E-state index >= 15 is 0 Å². The van der Waals surface area contributed by atoms with Crippen molar-refractivity contribution < 1.29 is 14.3 Å². The van der Waals surface area contributed by atoms with Gasteiger partial charge in [-0.15, -0.1) is 0 Å². The first-order valence-corrected chi connectivity index (χ1v) is 8.16. The fourth-order valence-corrected chi connectivity index (χ4v) is 3.53. The molecule has 1 aliphatic rings. The van der Waals surface area contributed by atoms with E-state index in [0.29, 0.717) is 22.3 Å². The van der Waals surface area contributed by atoms with Gasteiger partial charge in [-0.1, -0.05) is 12.1 Å². The molecule has 3 rings (SSSR count). The Labute approximate surface area is 151 Å². The van der Waals surface area contributed by atoms with Gasteiger partial charge in [0.1, 0.15) is 17.4 Å². The standard InChI is InChI=1S/C18H19N3O3S/c1-9-14(17(19)22)16(21-18(25)20-9)15-12-8-11(23-2)6-4-10(12)5-7-13(15)24-3/h4-8,14,16H,1-3H3,(H2,19,22)(H,21,25). The zero-order valence-electron chi connectivity index (χ0n) is 14.2. The molecule has 0 saturated heterocycles. The van der Waals surface area contributed by atoms with Crippen molar-refractivity contribution in [2.75, 3.05) is 14.2 Å². The number of aliphatic imine (C=N–C) groups is 1. The Morgan fingerprint density at radius 1 is 1.24 bits per heavy atom. The van der Waals surface area contributed by atoms with Crippen LogP contribution in [0.1, 0.15) is 18.5 Å². The van der Waals surface area contributed by atoms with Crippen molar-refractivity contribution in [3.63, 3.8) is 0 Å². The zero-order chi connectivity index (χ0) is 18.1. The van der Waals surface area contributed by atoms with E-state index in [1.807, 2.05) is 30.3 Å². The second kappa shape index (κ2) is 6.68. The maximum Gasteiger partial charge on any atom is 0.228 e. The minimum absolute atomic E-state index is 0.321. The minimum atomic E-state index is -0.627. The summed E-state index contributed by atoms with van der Waals surface area (Å²) >= 11 is 5.23. The molecule has 1 amide bonds. The SMILES string of the molecule is COc1ccc2ccc(OC)c(C3NC(=S)N=C(C)C3C(N)=O)c2c1. The van der Waals surface area contributed by atoms with E-state index in [1.54, 1.807) is 21.1 Å². The Morgan fingerprint density at radius 3 is 2.60 bits per heavy atom. The molecule has 0 aromatic heterocycles. The summed E-state index contributed by atoms with van der Waals surface area (Å²) in [6, 6.07) is 9.12. The Bertz CT molecular complexity index is 889. The molecule has 6 nitrogen and oxygen atoms in total. The van der Waals surface area contributed by atoms with Crippen molar-refractivity contribution in [3.8, 4) is 11.5 Å². The quantitative estimate of drug-likeness (QED) is 0.821. The van der Waals surface area contributed by atoms with Crippen molar-refractivity contribution in [2.24, 2.45) is 16.6 Å². The number of carbonyl (C=O) groups excluding carboxylic acids is 1. The van der Waals surface area contributed by atoms with Gasteiger partial charge in [0.2, 0.25) is 5.91 Å². The summed E-state index contributed by atoms with van der Waals surface area (Å²) in [6.07, 6.45) is 0. The average Bonchev–Trinajstić information content (AvgIpc) is 2.58. The Kier molecular flexibility index (Phi) is 4.59. The number of amides is 1. The molecule has 0 bridgehead atoms. The lowest BCUT2D eigenvalue weighted by atomic mass is 9.85. The molecule has 0 spiro atoms. The van der Waals surface area contributed by atoms with Gasteiger partial charge in [0.15, 0.2) is 5.11 Å². The van der Waals surface area contributed by atoms with Gasteiger partial charge in [0, 0.05) is 11.3 Å². The normalized spacial score (nSPS) is 20.0. The largest absolute Gasteiger partial charge is 0.497 e. The molecule has 2 aromatic carbocycles. The summed E-state index contributed by atoms with van der Waals surface area (Å²) in [4.78, 5) is 16.3. The lowest BCUT2D eigenvalue weighted by Gasteiger charge is -2.32. The first-order valence-electron chi connectivity index (χ1n) is 7.76. The number of nitrogens with zero attached hydrogens (tertiary/aromatic N) is 1. The average molecular weight is 357 g/mol. The van der Waals surface area contributed by atoms with Crippen LogP contribution in [-0.2, 0) is 4.79 Å². The van der Waals surface area contributed by atoms with E-state index in [4.69, 9.17) is 27.4 Å². The van der Waals surface area contributed by atoms with Crippen molar-refractivity contribution in [3.05, 3.63) is 35.9 Å². The first-order chi connectivity index (χ1) is 12.0. The highest BCUT2D eigenvalue weighted by Gasteiger charge is 2.37. The van der Waals surface area contributed by atoms with E-state index < -0.39 is 17.9 Å². The maximum absolute atomic E-state index is 12.1. The summed E-state index contributed by atoms with van der Waals surface area (Å²) < 4.78 is 10.9. The molecule has 0 saturated carbocycles. The van der Waals surface area contributed by atoms with Crippen LogP contribution in [0.3, 0.4) is 0 Å². The van der Waals surface area contributed by atoms with Crippen LogP contribution in [-0.4, -0.2) is 31.0 Å². The number of carbonyl (C=O) groups is 1. The predicted molar refractivity (Wildman–Crippen MR) is 101 cm³/mol. The molecular weight excluding hydrogens is 338 g/mol. The smallest absolute Gasteiger partial charge is 0.228 e. The number of rotatable bonds is 4. The van der Waals surface area contributed by atoms with E-state index in [9.17, 15) is 4.79 Å². The number of ether oxygens (including phenoxy) is 2. The van der Waals surface area contributed by atoms with Crippen molar-refractivity contribution >= 4 is 39.7 Å². The molecule has 2 unspecified atom stereocenters. The van der Waals surface area contributed by atoms with E-state index in [0.717, 1.165) is 16.3 Å². The minimum Gasteiger partial charge on any atom is -0.497 e. The third kappa shape index (κ3) is 3.02. The highest BCUT2D eigenvalue weighted by Crippen LogP contribution is 2.39. The number of hydrogen-bond donors (Lipinski definition) is 2. The molecule has 0 fully saturated rings. The molecule has 3 N–H and O–H groups in total. The number of thiocarbonyl (C=S) groups is 1. The van der Waals surface area contributed by atoms with Gasteiger partial charge >= 0.3 is 0 Å². The molecule has 25 heavy (non-hydrogen) atoms. The lowest BCUT2D eigenvalue weighted by molar-refractivity contribution is -0.120. The molecule has 130 valence electrons. The van der Waals surface area contributed by atoms with Crippen molar-refractivity contribution in [1.82, 2.24) is 5.32 Å². The van der Waals surface area contributed by atoms with Crippen LogP contribution in [0.2, 0.25) is 0 Å². The van der Waals surface area contributed by atoms with Crippen LogP contribution in [0, 0.1) is 5.92 Å². The maximum atomic E-state index is 12.1. The number of nitrogens with two attached hydrogens (primary N) is 1. The van der Waals surface area contributed by atoms with Gasteiger partial charge in [-0.25, -0.2) is 4.99 Å². The van der Waals surface area contributed by atoms with Gasteiger partial charge in [-0.2, -0.15) is 0 Å². The Hall–Kier alpha value is -2.67. The molecule has 1 heterocycles. The Balaban J connectivity index is 2.30. The molecule has 7 heteroatoms. The second-order valence-corrected chi connectivity index (χ2v) is 6.22. The summed E-state index contributed by atoms with van der Waals surface area (Å²) in [6.45, 7) is 1.76. The van der Waals surface area contributed by atoms with Crippen LogP contribution in [0.25, 0.3) is 10.8 Å². The van der Waals surface area contributed by atoms with Crippen molar-refractivity contribution in [2.45, 2.75) is 13.0 Å². The summed E-state index contributed by atoms with van der Waals surface area (Å²) in [7, 11) is 3.20. The third-order valence-electron chi connectivity index (χ3n) is 4.41. The van der Waals surface area contributed by atoms with Gasteiger partial charge < -0.3 is 20.5 Å². The van der Waals surface area contributed by atoms with Gasteiger partial charge in [-0.3, -0.25) is 4.79 Å². The van der Waals surface area contributed by atoms with Crippen LogP contribution < -0.4 is 20.5 Å². The fraction of sp³-hybridized carbons (Fsp3) is 0.278. The highest BCUT2D eigenvalue weighted by atomic mass is 32.1. The summed E-state index contributed by atoms with van der Waals surface area (Å²) in [5.41, 5.74) is 7.05. The summed E-state index contributed by atoms with van der Waals surface area (Å²) in [5, 5.41) is 5.34. The number of primary amides is 1. The van der Waals surface area contributed by atoms with Crippen LogP contribution in [0.4, 0.5) is 0 Å². The Morgan fingerprint density at radius 2 is 1.96 bits per heavy atom. The molecule has 2 aromatic rings. The second-order valence-electron chi connectivity index (χ2n) is 5.83. The van der Waals surface area contributed by atoms with Crippen LogP contribution in [0.15, 0.2) is 35.3 Å². The van der Waals surface area contributed by atoms with Crippen molar-refractivity contribution in [1.29, 1.82) is 0 Å². The zero-order valence-corrected chi connectivity index (χ0v) is 15.0. The molecule has 0 radical (unpaired) electrons. The molecule has 1 aliphatic heterocycles. The van der Waals surface area contributed by atoms with E-state index in [-0.39, 0.29) is 0 Å². The fourth-order valence-electron chi connectivity index (χ4n) is 3.26. The van der Waals surface area contributed by atoms with Gasteiger partial charge in [-0.05, 0) is 48.1 Å². The third-order valence-corrected chi connectivity index (χ3v) is 4.62. The van der Waals surface area contributed by atoms with Crippen LogP contribution >= 0.6 is 12.2 Å². The van der Waals surface area contributed by atoms with Gasteiger partial charge in [0.25, 0.3) is 0 Å². The number of benzene rings is 2. The molecule has 2 atom stereocenters. The number of hydrogen-bond acceptors (Lipinski definition) is 4. The van der Waals surface area contributed by atoms with Gasteiger partial charge in [0.05, 0.1) is 20.3 Å². The number of nitrogens with one attached hydrogen (secondary N) is 1. The number of fused-ring (bicyclic) bond motifs is 1. The van der Waals surface area contributed by atoms with E-state index in [2.05, 4.69) is 10.3 Å². The topological polar surface area (TPSA) is 85.9 Å². The molecular formula is C18H19N3O3S. The van der Waals surface area contributed by atoms with Crippen LogP contribution in [0.5, 0.6) is 11.5 Å². The first kappa shape index (κ1) is 17.2. The highest BCUT2D eigenvalue weighted by molar-refractivity contribution is 7.80. The lowest BCUT2D eigenvalue weighted by Crippen LogP contribution is -2.46. The monoisotopic (exact) mass is 357 g/mol. The number of methoxy groups -OCH3 is 2. The predicted octanol–water partition coefficient (Wildman–Crippen LogP) is 2.35.